The van der Waals surface area contributed by atoms with Gasteiger partial charge in [-0.3, -0.25) is 0 Å². The van der Waals surface area contributed by atoms with E-state index in [9.17, 15) is 13.0 Å². The van der Waals surface area contributed by atoms with Crippen LogP contribution in [-0.4, -0.2) is 78.0 Å². The molecule has 0 fully saturated rings. The van der Waals surface area contributed by atoms with Crippen molar-refractivity contribution in [2.45, 2.75) is 19.4 Å². The molecular weight excluding hydrogens is 635 g/mol. The van der Waals surface area contributed by atoms with Gasteiger partial charge in [0.1, 0.15) is 4.70 Å². The molecule has 0 unspecified atom stereocenters. The Morgan fingerprint density at radius 1 is 0.780 bits per heavy atom. The third-order valence-electron chi connectivity index (χ3n) is 6.14. The molecule has 2 aromatic carbocycles. The first-order chi connectivity index (χ1) is 20.0. The summed E-state index contributed by atoms with van der Waals surface area (Å²) >= 11 is 9.65. The summed E-state index contributed by atoms with van der Waals surface area (Å²) in [5, 5.41) is 1.07. The highest BCUT2D eigenvalue weighted by molar-refractivity contribution is 8.05. The predicted octanol–water partition coefficient (Wildman–Crippen LogP) is 6.39. The summed E-state index contributed by atoms with van der Waals surface area (Å²) in [5.41, 5.74) is 2.12. The van der Waals surface area contributed by atoms with Crippen molar-refractivity contribution in [1.82, 2.24) is 0 Å². The SMILES string of the molecule is O=S(=O)([O-])CCCC[n+]1c(/C=C/c2ccc3c(c2)OCCSCCSCCSCCSCCO3)sc2ccccc21. The van der Waals surface area contributed by atoms with Gasteiger partial charge in [0, 0.05) is 70.3 Å². The van der Waals surface area contributed by atoms with Gasteiger partial charge in [-0.2, -0.15) is 51.6 Å². The number of ether oxygens (including phenoxy) is 2. The highest BCUT2D eigenvalue weighted by Crippen LogP contribution is 2.30. The Hall–Kier alpha value is -1.02. The number of nitrogens with zero attached hydrogens (tertiary/aromatic N) is 1. The molecule has 0 aliphatic carbocycles. The van der Waals surface area contributed by atoms with Gasteiger partial charge in [0.25, 0.3) is 5.01 Å². The Balaban J connectivity index is 1.46. The standard InChI is InChI=1S/C29H37NO5S6/c31-41(32,33)22-4-3-11-30-25-5-1-2-6-28(25)40-29(30)10-8-24-7-9-26-27(23-24)35-13-15-37-17-19-39-21-20-38-18-16-36-14-12-34-26/h1-2,5-10,23H,3-4,11-22H2/b10-8+. The third kappa shape index (κ3) is 11.9. The van der Waals surface area contributed by atoms with Crippen molar-refractivity contribution in [3.63, 3.8) is 0 Å². The second-order valence-electron chi connectivity index (χ2n) is 9.21. The second kappa shape index (κ2) is 17.9. The van der Waals surface area contributed by atoms with Crippen molar-refractivity contribution < 1.29 is 27.0 Å². The monoisotopic (exact) mass is 671 g/mol. The average Bonchev–Trinajstić information content (AvgIpc) is 3.31. The number of thiazole rings is 1. The number of hydrogen-bond donors (Lipinski definition) is 0. The molecule has 12 heteroatoms. The van der Waals surface area contributed by atoms with Gasteiger partial charge in [0.2, 0.25) is 5.52 Å². The normalized spacial score (nSPS) is 16.9. The van der Waals surface area contributed by atoms with Crippen LogP contribution in [0.4, 0.5) is 0 Å². The second-order valence-corrected chi connectivity index (χ2v) is 16.7. The van der Waals surface area contributed by atoms with Crippen LogP contribution in [0.15, 0.2) is 42.5 Å². The Kier molecular flexibility index (Phi) is 14.4. The molecule has 1 aromatic heterocycles. The van der Waals surface area contributed by atoms with Gasteiger partial charge < -0.3 is 14.0 Å². The number of rotatable bonds is 7. The minimum Gasteiger partial charge on any atom is -0.748 e. The van der Waals surface area contributed by atoms with E-state index in [1.165, 1.54) is 23.0 Å². The molecule has 0 spiro atoms. The fourth-order valence-corrected chi connectivity index (χ4v) is 9.86. The van der Waals surface area contributed by atoms with Crippen LogP contribution in [0.5, 0.6) is 11.5 Å². The lowest BCUT2D eigenvalue weighted by molar-refractivity contribution is -0.669. The Bertz CT molecular complexity index is 1360. The maximum Gasteiger partial charge on any atom is 0.262 e. The zero-order valence-electron chi connectivity index (χ0n) is 23.0. The first kappa shape index (κ1) is 32.9. The smallest absolute Gasteiger partial charge is 0.262 e. The molecule has 0 radical (unpaired) electrons. The van der Waals surface area contributed by atoms with Crippen LogP contribution in [0.1, 0.15) is 23.4 Å². The van der Waals surface area contributed by atoms with Gasteiger partial charge in [-0.05, 0) is 36.3 Å². The van der Waals surface area contributed by atoms with Gasteiger partial charge in [0.05, 0.1) is 23.3 Å². The van der Waals surface area contributed by atoms with E-state index in [1.807, 2.05) is 71.3 Å². The summed E-state index contributed by atoms with van der Waals surface area (Å²) in [5.74, 6) is 10.3. The Morgan fingerprint density at radius 2 is 1.41 bits per heavy atom. The maximum absolute atomic E-state index is 11.0. The van der Waals surface area contributed by atoms with Crippen LogP contribution >= 0.6 is 58.4 Å². The molecule has 3 aromatic rings. The van der Waals surface area contributed by atoms with Crippen LogP contribution < -0.4 is 14.0 Å². The molecule has 0 N–H and O–H groups in total. The number of unbranched alkanes of at least 4 members (excludes halogenated alkanes) is 1. The highest BCUT2D eigenvalue weighted by atomic mass is 32.2. The number of fused-ring (bicyclic) bond motifs is 2. The number of hydrogen-bond acceptors (Lipinski definition) is 10. The van der Waals surface area contributed by atoms with Crippen LogP contribution in [0.3, 0.4) is 0 Å². The van der Waals surface area contributed by atoms with Crippen molar-refractivity contribution in [2.24, 2.45) is 0 Å². The largest absolute Gasteiger partial charge is 0.748 e. The lowest BCUT2D eigenvalue weighted by Gasteiger charge is -2.14. The molecule has 1 aliphatic heterocycles. The van der Waals surface area contributed by atoms with Crippen molar-refractivity contribution in [2.75, 3.05) is 65.0 Å². The summed E-state index contributed by atoms with van der Waals surface area (Å²) in [6.07, 6.45) is 5.15. The summed E-state index contributed by atoms with van der Waals surface area (Å²) < 4.78 is 48.8. The van der Waals surface area contributed by atoms with E-state index in [2.05, 4.69) is 34.9 Å². The van der Waals surface area contributed by atoms with E-state index in [1.54, 1.807) is 11.3 Å². The summed E-state index contributed by atoms with van der Waals surface area (Å²) in [6.45, 7) is 1.94. The molecule has 1 aliphatic rings. The van der Waals surface area contributed by atoms with Crippen LogP contribution in [0.25, 0.3) is 22.4 Å². The number of para-hydroxylation sites is 1. The lowest BCUT2D eigenvalue weighted by Crippen LogP contribution is -2.35. The van der Waals surface area contributed by atoms with Gasteiger partial charge >= 0.3 is 0 Å². The quantitative estimate of drug-likeness (QED) is 0.161. The van der Waals surface area contributed by atoms with Gasteiger partial charge in [-0.15, -0.1) is 0 Å². The first-order valence-corrected chi connectivity index (χ1v) is 20.7. The molecule has 41 heavy (non-hydrogen) atoms. The average molecular weight is 672 g/mol. The summed E-state index contributed by atoms with van der Waals surface area (Å²) in [6, 6.07) is 14.3. The van der Waals surface area contributed by atoms with E-state index in [0.29, 0.717) is 32.6 Å². The topological polar surface area (TPSA) is 79.5 Å². The van der Waals surface area contributed by atoms with Gasteiger partial charge in [0.15, 0.2) is 18.0 Å². The first-order valence-electron chi connectivity index (χ1n) is 13.7. The number of aryl methyl sites for hydroxylation is 1. The van der Waals surface area contributed by atoms with Crippen LogP contribution in [-0.2, 0) is 16.7 Å². The molecule has 0 bridgehead atoms. The van der Waals surface area contributed by atoms with E-state index >= 15 is 0 Å². The molecule has 4 rings (SSSR count). The van der Waals surface area contributed by atoms with E-state index < -0.39 is 10.1 Å². The van der Waals surface area contributed by atoms with Crippen LogP contribution in [0, 0.1) is 0 Å². The van der Waals surface area contributed by atoms with E-state index in [-0.39, 0.29) is 5.75 Å². The van der Waals surface area contributed by atoms with Crippen LogP contribution in [0.2, 0.25) is 0 Å². The fraction of sp³-hybridized carbons (Fsp3) is 0.483. The summed E-state index contributed by atoms with van der Waals surface area (Å²) in [7, 11) is -4.19. The molecule has 2 heterocycles. The van der Waals surface area contributed by atoms with Crippen molar-refractivity contribution in [1.29, 1.82) is 0 Å². The van der Waals surface area contributed by atoms with Crippen molar-refractivity contribution in [3.8, 4) is 11.5 Å². The molecule has 224 valence electrons. The lowest BCUT2D eigenvalue weighted by atomic mass is 10.2. The minimum atomic E-state index is -4.19. The number of thioether (sulfide) groups is 4. The highest BCUT2D eigenvalue weighted by Gasteiger charge is 2.18. The third-order valence-corrected chi connectivity index (χ3v) is 12.7. The zero-order valence-corrected chi connectivity index (χ0v) is 27.9. The fourth-order valence-electron chi connectivity index (χ4n) is 4.17. The van der Waals surface area contributed by atoms with Gasteiger partial charge in [-0.25, -0.2) is 8.42 Å². The molecule has 6 nitrogen and oxygen atoms in total. The number of benzene rings is 2. The molecule has 0 saturated carbocycles. The number of aromatic nitrogens is 1. The predicted molar refractivity (Wildman–Crippen MR) is 181 cm³/mol. The van der Waals surface area contributed by atoms with Crippen molar-refractivity contribution in [3.05, 3.63) is 53.0 Å². The van der Waals surface area contributed by atoms with Gasteiger partial charge in [-0.1, -0.05) is 29.5 Å². The maximum atomic E-state index is 11.0. The van der Waals surface area contributed by atoms with E-state index in [4.69, 9.17) is 9.47 Å². The minimum absolute atomic E-state index is 0.326. The zero-order chi connectivity index (χ0) is 28.8. The summed E-state index contributed by atoms with van der Waals surface area (Å²) in [4.78, 5) is 0. The Labute approximate surface area is 265 Å². The molecule has 0 amide bonds. The molecule has 0 saturated heterocycles. The molecule has 0 atom stereocenters. The van der Waals surface area contributed by atoms with Crippen molar-refractivity contribution >= 4 is 90.9 Å². The van der Waals surface area contributed by atoms with E-state index in [0.717, 1.165) is 55.3 Å². The Morgan fingerprint density at radius 3 is 2.10 bits per heavy atom. The molecular formula is C29H37NO5S6.